The zero-order valence-electron chi connectivity index (χ0n) is 17.0. The van der Waals surface area contributed by atoms with Crippen LogP contribution in [0.4, 0.5) is 4.79 Å². The molecule has 160 valence electrons. The van der Waals surface area contributed by atoms with Crippen molar-refractivity contribution in [3.63, 3.8) is 0 Å². The highest BCUT2D eigenvalue weighted by molar-refractivity contribution is 5.66. The summed E-state index contributed by atoms with van der Waals surface area (Å²) in [4.78, 5) is 12.5. The maximum atomic E-state index is 11.1. The van der Waals surface area contributed by atoms with E-state index in [-0.39, 0.29) is 23.0 Å². The van der Waals surface area contributed by atoms with Gasteiger partial charge in [0, 0.05) is 12.1 Å². The molecule has 1 amide bonds. The molecule has 0 atom stereocenters. The fraction of sp³-hybridized carbons (Fsp3) is 0.381. The number of phenols is 4. The Labute approximate surface area is 170 Å². The van der Waals surface area contributed by atoms with E-state index in [9.17, 15) is 15.0 Å². The molecule has 7 N–H and O–H groups in total. The highest BCUT2D eigenvalue weighted by Gasteiger charge is 2.25. The second-order valence-electron chi connectivity index (χ2n) is 7.54. The first-order valence-corrected chi connectivity index (χ1v) is 9.18. The van der Waals surface area contributed by atoms with Crippen molar-refractivity contribution < 1.29 is 30.3 Å². The van der Waals surface area contributed by atoms with Crippen LogP contribution in [0.3, 0.4) is 0 Å². The van der Waals surface area contributed by atoms with E-state index in [1.54, 1.807) is 12.1 Å². The fourth-order valence-corrected chi connectivity index (χ4v) is 2.57. The summed E-state index contributed by atoms with van der Waals surface area (Å²) in [5.74, 6) is -0.545. The molecular formula is C21H30N2O6. The monoisotopic (exact) mass is 406 g/mol. The van der Waals surface area contributed by atoms with Crippen molar-refractivity contribution in [2.24, 2.45) is 5.73 Å². The lowest BCUT2D eigenvalue weighted by Crippen LogP contribution is -2.45. The topological polar surface area (TPSA) is 147 Å². The molecule has 2 aromatic rings. The number of hydrogen-bond acceptors (Lipinski definition) is 6. The third-order valence-electron chi connectivity index (χ3n) is 4.18. The predicted molar refractivity (Wildman–Crippen MR) is 110 cm³/mol. The Bertz CT molecular complexity index is 817. The first-order chi connectivity index (χ1) is 13.5. The van der Waals surface area contributed by atoms with Crippen LogP contribution in [0.5, 0.6) is 23.0 Å². The van der Waals surface area contributed by atoms with Gasteiger partial charge in [0.05, 0.1) is 0 Å². The van der Waals surface area contributed by atoms with E-state index in [0.717, 1.165) is 11.1 Å². The van der Waals surface area contributed by atoms with Crippen molar-refractivity contribution in [2.75, 3.05) is 13.1 Å². The van der Waals surface area contributed by atoms with Crippen molar-refractivity contribution in [2.45, 2.75) is 39.2 Å². The van der Waals surface area contributed by atoms with Gasteiger partial charge in [-0.3, -0.25) is 0 Å². The van der Waals surface area contributed by atoms with Gasteiger partial charge in [-0.1, -0.05) is 12.1 Å². The Balaban J connectivity index is 0.000000326. The lowest BCUT2D eigenvalue weighted by atomic mass is 10.0. The van der Waals surface area contributed by atoms with Crippen LogP contribution >= 0.6 is 0 Å². The van der Waals surface area contributed by atoms with Gasteiger partial charge in [0.25, 0.3) is 0 Å². The summed E-state index contributed by atoms with van der Waals surface area (Å²) in [6.45, 7) is 6.37. The molecule has 0 aliphatic rings. The van der Waals surface area contributed by atoms with Gasteiger partial charge in [-0.2, -0.15) is 0 Å². The smallest absolute Gasteiger partial charge is 0.407 e. The molecule has 0 aliphatic carbocycles. The van der Waals surface area contributed by atoms with E-state index < -0.39 is 11.6 Å². The fourth-order valence-electron chi connectivity index (χ4n) is 2.57. The van der Waals surface area contributed by atoms with Gasteiger partial charge < -0.3 is 36.2 Å². The molecule has 0 spiro atoms. The average Bonchev–Trinajstić information content (AvgIpc) is 2.61. The third kappa shape index (κ3) is 7.79. The van der Waals surface area contributed by atoms with Crippen LogP contribution in [0, 0.1) is 0 Å². The van der Waals surface area contributed by atoms with E-state index >= 15 is 0 Å². The van der Waals surface area contributed by atoms with Gasteiger partial charge in [-0.05, 0) is 75.5 Å². The van der Waals surface area contributed by atoms with E-state index in [1.807, 2.05) is 20.8 Å². The average molecular weight is 406 g/mol. The van der Waals surface area contributed by atoms with Crippen molar-refractivity contribution >= 4 is 6.09 Å². The summed E-state index contributed by atoms with van der Waals surface area (Å²) in [6.07, 6.45) is 0.233. The number of amides is 1. The molecule has 8 heteroatoms. The molecule has 0 heterocycles. The first-order valence-electron chi connectivity index (χ1n) is 9.18. The van der Waals surface area contributed by atoms with Gasteiger partial charge in [0.2, 0.25) is 0 Å². The molecule has 29 heavy (non-hydrogen) atoms. The van der Waals surface area contributed by atoms with Crippen molar-refractivity contribution in [1.29, 1.82) is 0 Å². The second-order valence-corrected chi connectivity index (χ2v) is 7.54. The summed E-state index contributed by atoms with van der Waals surface area (Å²) in [5, 5.41) is 45.6. The predicted octanol–water partition coefficient (Wildman–Crippen LogP) is 3.02. The first kappa shape index (κ1) is 23.9. The van der Waals surface area contributed by atoms with Gasteiger partial charge in [0.15, 0.2) is 23.0 Å². The van der Waals surface area contributed by atoms with Crippen LogP contribution < -0.4 is 5.73 Å². The normalized spacial score (nSPS) is 10.8. The molecule has 8 nitrogen and oxygen atoms in total. The summed E-state index contributed by atoms with van der Waals surface area (Å²) in [6, 6.07) is 9.22. The Kier molecular flexibility index (Phi) is 8.59. The SMILES string of the molecule is CC(C)(C)N(CCc1ccc(O)c(O)c1)C(=O)O.NCCc1ccc(O)c(O)c1. The van der Waals surface area contributed by atoms with Gasteiger partial charge >= 0.3 is 6.09 Å². The number of benzene rings is 2. The molecule has 0 saturated carbocycles. The minimum Gasteiger partial charge on any atom is -0.504 e. The second kappa shape index (κ2) is 10.4. The standard InChI is InChI=1S/C13H19NO4.C8H11NO2/c1-13(2,3)14(12(17)18)7-6-9-4-5-10(15)11(16)8-9;9-4-3-6-1-2-7(10)8(11)5-6/h4-5,8,15-16H,6-7H2,1-3H3,(H,17,18);1-2,5,10-11H,3-4,9H2. The zero-order chi connectivity index (χ0) is 22.2. The molecule has 0 saturated heterocycles. The molecule has 0 radical (unpaired) electrons. The van der Waals surface area contributed by atoms with Crippen molar-refractivity contribution in [1.82, 2.24) is 4.90 Å². The molecule has 2 rings (SSSR count). The van der Waals surface area contributed by atoms with E-state index in [1.165, 1.54) is 29.2 Å². The quantitative estimate of drug-likeness (QED) is 0.418. The van der Waals surface area contributed by atoms with Crippen LogP contribution in [-0.2, 0) is 12.8 Å². The highest BCUT2D eigenvalue weighted by Crippen LogP contribution is 2.26. The lowest BCUT2D eigenvalue weighted by Gasteiger charge is -2.33. The van der Waals surface area contributed by atoms with Crippen molar-refractivity contribution in [3.8, 4) is 23.0 Å². The van der Waals surface area contributed by atoms with Gasteiger partial charge in [0.1, 0.15) is 0 Å². The number of carbonyl (C=O) groups is 1. The molecule has 0 fully saturated rings. The van der Waals surface area contributed by atoms with Gasteiger partial charge in [-0.25, -0.2) is 4.79 Å². The Morgan fingerprint density at radius 2 is 1.31 bits per heavy atom. The van der Waals surface area contributed by atoms with Crippen LogP contribution in [-0.4, -0.2) is 55.2 Å². The summed E-state index contributed by atoms with van der Waals surface area (Å²) in [7, 11) is 0. The van der Waals surface area contributed by atoms with E-state index in [0.29, 0.717) is 25.9 Å². The summed E-state index contributed by atoms with van der Waals surface area (Å²) >= 11 is 0. The van der Waals surface area contributed by atoms with Crippen molar-refractivity contribution in [3.05, 3.63) is 47.5 Å². The number of phenolic OH excluding ortho intramolecular Hbond substituents is 4. The Hall–Kier alpha value is -3.13. The molecule has 0 aliphatic heterocycles. The lowest BCUT2D eigenvalue weighted by molar-refractivity contribution is 0.101. The number of nitrogens with two attached hydrogens (primary N) is 1. The Morgan fingerprint density at radius 1 is 0.862 bits per heavy atom. The summed E-state index contributed by atoms with van der Waals surface area (Å²) < 4.78 is 0. The maximum absolute atomic E-state index is 11.1. The summed E-state index contributed by atoms with van der Waals surface area (Å²) in [5.41, 5.74) is 6.55. The molecular weight excluding hydrogens is 376 g/mol. The molecule has 0 bridgehead atoms. The number of carboxylic acid groups (broad SMARTS) is 1. The van der Waals surface area contributed by atoms with Crippen LogP contribution in [0.15, 0.2) is 36.4 Å². The zero-order valence-corrected chi connectivity index (χ0v) is 17.0. The van der Waals surface area contributed by atoms with Crippen LogP contribution in [0.1, 0.15) is 31.9 Å². The van der Waals surface area contributed by atoms with Crippen LogP contribution in [0.2, 0.25) is 0 Å². The van der Waals surface area contributed by atoms with Crippen LogP contribution in [0.25, 0.3) is 0 Å². The number of hydrogen-bond donors (Lipinski definition) is 6. The molecule has 0 aromatic heterocycles. The number of rotatable bonds is 5. The number of aromatic hydroxyl groups is 4. The third-order valence-corrected chi connectivity index (χ3v) is 4.18. The van der Waals surface area contributed by atoms with Gasteiger partial charge in [-0.15, -0.1) is 0 Å². The molecule has 2 aromatic carbocycles. The number of nitrogens with zero attached hydrogens (tertiary/aromatic N) is 1. The minimum absolute atomic E-state index is 0.0871. The van der Waals surface area contributed by atoms with E-state index in [4.69, 9.17) is 21.1 Å². The largest absolute Gasteiger partial charge is 0.504 e. The van der Waals surface area contributed by atoms with E-state index in [2.05, 4.69) is 0 Å². The highest BCUT2D eigenvalue weighted by atomic mass is 16.4. The molecule has 0 unspecified atom stereocenters. The Morgan fingerprint density at radius 3 is 1.66 bits per heavy atom. The minimum atomic E-state index is -0.967. The maximum Gasteiger partial charge on any atom is 0.407 e.